The van der Waals surface area contributed by atoms with E-state index in [2.05, 4.69) is 10.2 Å². The van der Waals surface area contributed by atoms with Gasteiger partial charge < -0.3 is 19.7 Å². The minimum absolute atomic E-state index is 0.0791. The summed E-state index contributed by atoms with van der Waals surface area (Å²) in [6, 6.07) is 11.0. The molecule has 0 bridgehead atoms. The van der Waals surface area contributed by atoms with E-state index >= 15 is 0 Å². The highest BCUT2D eigenvalue weighted by atomic mass is 16.5. The molecule has 0 amide bonds. The number of carbonyl (C=O) groups excluding carboxylic acids is 1. The summed E-state index contributed by atoms with van der Waals surface area (Å²) in [4.78, 5) is 33.0. The summed E-state index contributed by atoms with van der Waals surface area (Å²) < 4.78 is 12.5. The van der Waals surface area contributed by atoms with Crippen LogP contribution in [0.15, 0.2) is 41.2 Å². The molecule has 0 saturated carbocycles. The minimum atomic E-state index is -0.374. The normalized spacial score (nSPS) is 14.9. The van der Waals surface area contributed by atoms with Crippen LogP contribution >= 0.6 is 0 Å². The molecular formula is C26H32N4O4. The first-order chi connectivity index (χ1) is 16.3. The summed E-state index contributed by atoms with van der Waals surface area (Å²) in [5.74, 6) is 0.264. The van der Waals surface area contributed by atoms with Gasteiger partial charge in [0.15, 0.2) is 0 Å². The number of aryl methyl sites for hydroxylation is 1. The van der Waals surface area contributed by atoms with Crippen LogP contribution < -0.4 is 15.8 Å². The number of nitrogens with one attached hydrogen (secondary N) is 1. The maximum atomic E-state index is 13.3. The van der Waals surface area contributed by atoms with Gasteiger partial charge >= 0.3 is 5.97 Å². The molecule has 34 heavy (non-hydrogen) atoms. The Morgan fingerprint density at radius 2 is 1.85 bits per heavy atom. The van der Waals surface area contributed by atoms with Gasteiger partial charge in [-0.1, -0.05) is 18.2 Å². The van der Waals surface area contributed by atoms with Crippen molar-refractivity contribution in [1.82, 2.24) is 9.55 Å². The highest BCUT2D eigenvalue weighted by molar-refractivity contribution is 5.96. The third kappa shape index (κ3) is 4.77. The van der Waals surface area contributed by atoms with E-state index < -0.39 is 0 Å². The summed E-state index contributed by atoms with van der Waals surface area (Å²) in [7, 11) is 1.76. The van der Waals surface area contributed by atoms with Gasteiger partial charge in [-0.2, -0.15) is 0 Å². The Morgan fingerprint density at radius 1 is 1.15 bits per heavy atom. The number of nitrogens with zero attached hydrogens (tertiary/aromatic N) is 3. The smallest absolute Gasteiger partial charge is 0.340 e. The molecule has 0 aliphatic carbocycles. The van der Waals surface area contributed by atoms with Gasteiger partial charge in [0.1, 0.15) is 0 Å². The molecule has 1 aromatic heterocycles. The van der Waals surface area contributed by atoms with Crippen LogP contribution in [0.5, 0.6) is 0 Å². The Labute approximate surface area is 199 Å². The predicted octanol–water partition coefficient (Wildman–Crippen LogP) is 3.82. The first-order valence-electron chi connectivity index (χ1n) is 11.7. The second-order valence-electron chi connectivity index (χ2n) is 8.99. The minimum Gasteiger partial charge on any atom is -0.459 e. The summed E-state index contributed by atoms with van der Waals surface area (Å²) >= 11 is 0. The summed E-state index contributed by atoms with van der Waals surface area (Å²) in [6.07, 6.45) is -0.210. The molecule has 180 valence electrons. The second-order valence-corrected chi connectivity index (χ2v) is 8.99. The molecule has 8 heteroatoms. The fourth-order valence-electron chi connectivity index (χ4n) is 4.29. The number of rotatable bonds is 6. The van der Waals surface area contributed by atoms with Crippen LogP contribution in [0.2, 0.25) is 0 Å². The summed E-state index contributed by atoms with van der Waals surface area (Å²) in [5.41, 5.74) is 3.60. The lowest BCUT2D eigenvalue weighted by molar-refractivity contribution is 0.0379. The Balaban J connectivity index is 1.77. The molecule has 1 N–H and O–H groups in total. The van der Waals surface area contributed by atoms with Crippen molar-refractivity contribution in [3.63, 3.8) is 0 Å². The van der Waals surface area contributed by atoms with E-state index in [1.807, 2.05) is 58.0 Å². The molecule has 2 aromatic carbocycles. The number of morpholine rings is 1. The van der Waals surface area contributed by atoms with Gasteiger partial charge in [0.2, 0.25) is 5.95 Å². The van der Waals surface area contributed by atoms with Gasteiger partial charge in [0.25, 0.3) is 5.56 Å². The van der Waals surface area contributed by atoms with Crippen LogP contribution in [0.1, 0.15) is 48.3 Å². The van der Waals surface area contributed by atoms with Crippen molar-refractivity contribution in [2.75, 3.05) is 36.5 Å². The molecule has 3 aromatic rings. The Hall–Kier alpha value is -3.39. The maximum Gasteiger partial charge on any atom is 0.340 e. The van der Waals surface area contributed by atoms with E-state index in [-0.39, 0.29) is 23.7 Å². The van der Waals surface area contributed by atoms with Crippen LogP contribution in [0.4, 0.5) is 11.6 Å². The van der Waals surface area contributed by atoms with Crippen molar-refractivity contribution < 1.29 is 14.3 Å². The first kappa shape index (κ1) is 23.8. The zero-order valence-corrected chi connectivity index (χ0v) is 20.4. The number of anilines is 2. The van der Waals surface area contributed by atoms with Gasteiger partial charge in [-0.05, 0) is 51.5 Å². The molecule has 0 unspecified atom stereocenters. The first-order valence-corrected chi connectivity index (χ1v) is 11.7. The van der Waals surface area contributed by atoms with Crippen LogP contribution in [0.25, 0.3) is 10.9 Å². The molecule has 8 nitrogen and oxygen atoms in total. The third-order valence-electron chi connectivity index (χ3n) is 5.95. The molecule has 4 rings (SSSR count). The monoisotopic (exact) mass is 464 g/mol. The van der Waals surface area contributed by atoms with Gasteiger partial charge in [-0.15, -0.1) is 0 Å². The van der Waals surface area contributed by atoms with Crippen molar-refractivity contribution in [3.05, 3.63) is 63.4 Å². The highest BCUT2D eigenvalue weighted by Gasteiger charge is 2.22. The average molecular weight is 465 g/mol. The Bertz CT molecular complexity index is 1260. The lowest BCUT2D eigenvalue weighted by Crippen LogP contribution is -2.40. The number of carbonyl (C=O) groups is 1. The molecule has 0 spiro atoms. The number of hydrogen-bond acceptors (Lipinski definition) is 7. The van der Waals surface area contributed by atoms with Gasteiger partial charge in [-0.3, -0.25) is 9.36 Å². The van der Waals surface area contributed by atoms with Crippen LogP contribution in [0.3, 0.4) is 0 Å². The highest BCUT2D eigenvalue weighted by Crippen LogP contribution is 2.29. The lowest BCUT2D eigenvalue weighted by atomic mass is 10.0. The SMILES string of the molecule is Cc1cc([C@H](C)Nc2ccccc2C(=O)OC(C)C)c2nc(N3CCOCC3)n(C)c(=O)c2c1. The molecule has 1 aliphatic heterocycles. The zero-order chi connectivity index (χ0) is 24.4. The van der Waals surface area contributed by atoms with Crippen LogP contribution in [0, 0.1) is 6.92 Å². The number of ether oxygens (including phenoxy) is 2. The van der Waals surface area contributed by atoms with Gasteiger partial charge in [0, 0.05) is 31.4 Å². The fourth-order valence-corrected chi connectivity index (χ4v) is 4.29. The van der Waals surface area contributed by atoms with Crippen LogP contribution in [-0.4, -0.2) is 47.9 Å². The van der Waals surface area contributed by atoms with Gasteiger partial charge in [-0.25, -0.2) is 9.78 Å². The van der Waals surface area contributed by atoms with Crippen molar-refractivity contribution in [2.24, 2.45) is 7.05 Å². The molecular weight excluding hydrogens is 432 g/mol. The van der Waals surface area contributed by atoms with E-state index in [0.717, 1.165) is 11.1 Å². The number of benzene rings is 2. The predicted molar refractivity (Wildman–Crippen MR) is 134 cm³/mol. The van der Waals surface area contributed by atoms with E-state index in [1.54, 1.807) is 17.7 Å². The summed E-state index contributed by atoms with van der Waals surface area (Å²) in [5, 5.41) is 4.03. The summed E-state index contributed by atoms with van der Waals surface area (Å²) in [6.45, 7) is 10.2. The largest absolute Gasteiger partial charge is 0.459 e. The lowest BCUT2D eigenvalue weighted by Gasteiger charge is -2.29. The van der Waals surface area contributed by atoms with E-state index in [4.69, 9.17) is 14.5 Å². The zero-order valence-electron chi connectivity index (χ0n) is 20.4. The Morgan fingerprint density at radius 3 is 2.56 bits per heavy atom. The molecule has 0 radical (unpaired) electrons. The number of hydrogen-bond donors (Lipinski definition) is 1. The maximum absolute atomic E-state index is 13.3. The van der Waals surface area contributed by atoms with E-state index in [1.165, 1.54) is 0 Å². The van der Waals surface area contributed by atoms with Crippen molar-refractivity contribution in [2.45, 2.75) is 39.8 Å². The van der Waals surface area contributed by atoms with Crippen molar-refractivity contribution >= 4 is 28.5 Å². The number of fused-ring (bicyclic) bond motifs is 1. The Kier molecular flexibility index (Phi) is 6.88. The molecule has 1 aliphatic rings. The second kappa shape index (κ2) is 9.85. The number of esters is 1. The quantitative estimate of drug-likeness (QED) is 0.555. The average Bonchev–Trinajstić information content (AvgIpc) is 2.81. The standard InChI is InChI=1S/C26H32N4O4/c1-16(2)34-25(32)19-8-6-7-9-22(19)27-18(4)20-14-17(3)15-21-23(20)28-26(29(5)24(21)31)30-10-12-33-13-11-30/h6-9,14-16,18,27H,10-13H2,1-5H3/t18-/m0/s1. The molecule has 1 saturated heterocycles. The van der Waals surface area contributed by atoms with Crippen molar-refractivity contribution in [3.8, 4) is 0 Å². The number of para-hydroxylation sites is 1. The van der Waals surface area contributed by atoms with Crippen molar-refractivity contribution in [1.29, 1.82) is 0 Å². The molecule has 1 fully saturated rings. The van der Waals surface area contributed by atoms with Gasteiger partial charge in [0.05, 0.1) is 41.8 Å². The van der Waals surface area contributed by atoms with E-state index in [9.17, 15) is 9.59 Å². The third-order valence-corrected chi connectivity index (χ3v) is 5.95. The molecule has 2 heterocycles. The number of aromatic nitrogens is 2. The molecule has 1 atom stereocenters. The topological polar surface area (TPSA) is 85.7 Å². The fraction of sp³-hybridized carbons (Fsp3) is 0.423. The van der Waals surface area contributed by atoms with E-state index in [0.29, 0.717) is 54.4 Å². The van der Waals surface area contributed by atoms with Crippen LogP contribution in [-0.2, 0) is 16.5 Å².